The first-order chi connectivity index (χ1) is 15.0. The minimum absolute atomic E-state index is 0.131. The molecule has 3 rings (SSSR count). The normalized spacial score (nSPS) is 19.4. The zero-order valence-electron chi connectivity index (χ0n) is 18.0. The molecule has 1 fully saturated rings. The lowest BCUT2D eigenvalue weighted by Gasteiger charge is -2.28. The van der Waals surface area contributed by atoms with Crippen molar-refractivity contribution in [2.75, 3.05) is 13.2 Å². The van der Waals surface area contributed by atoms with Gasteiger partial charge < -0.3 is 15.4 Å². The highest BCUT2D eigenvalue weighted by Gasteiger charge is 2.22. The molecule has 6 heteroatoms. The molecular weight excluding hydrogens is 412 g/mol. The number of carbonyl (C=O) groups excluding carboxylic acids is 2. The van der Waals surface area contributed by atoms with Crippen LogP contribution in [0.15, 0.2) is 54.6 Å². The Balaban J connectivity index is 1.54. The molecule has 3 unspecified atom stereocenters. The summed E-state index contributed by atoms with van der Waals surface area (Å²) in [7, 11) is 0. The molecule has 0 aliphatic heterocycles. The predicted molar refractivity (Wildman–Crippen MR) is 123 cm³/mol. The van der Waals surface area contributed by atoms with Crippen LogP contribution in [-0.4, -0.2) is 31.1 Å². The van der Waals surface area contributed by atoms with E-state index in [9.17, 15) is 9.59 Å². The molecular formula is C25H31ClN2O3. The van der Waals surface area contributed by atoms with Gasteiger partial charge in [0.15, 0.2) is 0 Å². The zero-order chi connectivity index (χ0) is 22.1. The van der Waals surface area contributed by atoms with E-state index in [2.05, 4.69) is 17.6 Å². The second-order valence-electron chi connectivity index (χ2n) is 8.14. The maximum absolute atomic E-state index is 12.7. The summed E-state index contributed by atoms with van der Waals surface area (Å²) in [6, 6.07) is 15.9. The van der Waals surface area contributed by atoms with Crippen LogP contribution in [0.3, 0.4) is 0 Å². The second kappa shape index (κ2) is 11.9. The van der Waals surface area contributed by atoms with Crippen molar-refractivity contribution in [2.24, 2.45) is 5.92 Å². The van der Waals surface area contributed by atoms with Gasteiger partial charge in [-0.2, -0.15) is 0 Å². The van der Waals surface area contributed by atoms with Crippen molar-refractivity contribution in [3.05, 3.63) is 70.7 Å². The Bertz CT molecular complexity index is 859. The molecule has 2 N–H and O–H groups in total. The number of nitrogens with one attached hydrogen (secondary N) is 2. The van der Waals surface area contributed by atoms with Crippen molar-refractivity contribution in [1.29, 1.82) is 0 Å². The maximum atomic E-state index is 12.7. The van der Waals surface area contributed by atoms with E-state index in [-0.39, 0.29) is 24.3 Å². The lowest BCUT2D eigenvalue weighted by molar-refractivity contribution is -0.122. The predicted octanol–water partition coefficient (Wildman–Crippen LogP) is 4.91. The molecule has 3 atom stereocenters. The van der Waals surface area contributed by atoms with E-state index >= 15 is 0 Å². The van der Waals surface area contributed by atoms with E-state index < -0.39 is 6.04 Å². The van der Waals surface area contributed by atoms with Crippen LogP contribution in [0.1, 0.15) is 61.0 Å². The fourth-order valence-corrected chi connectivity index (χ4v) is 4.23. The first-order valence-electron chi connectivity index (χ1n) is 11.0. The highest BCUT2D eigenvalue weighted by Crippen LogP contribution is 2.26. The molecule has 166 valence electrons. The van der Waals surface area contributed by atoms with Crippen LogP contribution < -0.4 is 10.6 Å². The van der Waals surface area contributed by atoms with Crippen molar-refractivity contribution in [1.82, 2.24) is 10.6 Å². The number of ether oxygens (including phenoxy) is 1. The fraction of sp³-hybridized carbons (Fsp3) is 0.440. The molecule has 1 aliphatic rings. The van der Waals surface area contributed by atoms with Gasteiger partial charge in [-0.15, -0.1) is 0 Å². The Kier molecular flexibility index (Phi) is 8.92. The monoisotopic (exact) mass is 442 g/mol. The largest absolute Gasteiger partial charge is 0.376 e. The molecule has 1 saturated carbocycles. The van der Waals surface area contributed by atoms with E-state index in [4.69, 9.17) is 16.3 Å². The second-order valence-corrected chi connectivity index (χ2v) is 8.55. The van der Waals surface area contributed by atoms with Gasteiger partial charge in [0.25, 0.3) is 5.91 Å². The first-order valence-corrected chi connectivity index (χ1v) is 11.4. The van der Waals surface area contributed by atoms with E-state index in [1.165, 1.54) is 19.3 Å². The van der Waals surface area contributed by atoms with Gasteiger partial charge in [0.1, 0.15) is 0 Å². The average Bonchev–Trinajstić information content (AvgIpc) is 2.78. The lowest BCUT2D eigenvalue weighted by Crippen LogP contribution is -2.36. The minimum Gasteiger partial charge on any atom is -0.376 e. The molecule has 0 radical (unpaired) electrons. The van der Waals surface area contributed by atoms with Crippen LogP contribution >= 0.6 is 11.6 Å². The molecule has 0 heterocycles. The minimum atomic E-state index is -0.454. The highest BCUT2D eigenvalue weighted by molar-refractivity contribution is 6.33. The molecule has 0 saturated heterocycles. The third-order valence-electron chi connectivity index (χ3n) is 5.80. The highest BCUT2D eigenvalue weighted by atomic mass is 35.5. The molecule has 2 aromatic carbocycles. The van der Waals surface area contributed by atoms with Gasteiger partial charge in [0.05, 0.1) is 35.8 Å². The smallest absolute Gasteiger partial charge is 0.253 e. The first kappa shape index (κ1) is 23.3. The number of halogens is 1. The number of rotatable bonds is 9. The van der Waals surface area contributed by atoms with Crippen LogP contribution in [0.4, 0.5) is 0 Å². The Hall–Kier alpha value is -2.37. The number of hydrogen-bond donors (Lipinski definition) is 2. The molecule has 5 nitrogen and oxygen atoms in total. The SMILES string of the molecule is CC1CCCCC1OCCNC(=O)CC(NC(=O)c1ccccc1Cl)c1ccccc1. The van der Waals surface area contributed by atoms with Crippen LogP contribution in [0.5, 0.6) is 0 Å². The molecule has 2 amide bonds. The third kappa shape index (κ3) is 7.08. The van der Waals surface area contributed by atoms with E-state index in [0.717, 1.165) is 12.0 Å². The zero-order valence-corrected chi connectivity index (χ0v) is 18.7. The number of hydrogen-bond acceptors (Lipinski definition) is 3. The summed E-state index contributed by atoms with van der Waals surface area (Å²) in [4.78, 5) is 25.3. The van der Waals surface area contributed by atoms with Crippen molar-refractivity contribution in [2.45, 2.75) is 51.2 Å². The van der Waals surface area contributed by atoms with Crippen LogP contribution in [0, 0.1) is 5.92 Å². The Morgan fingerprint density at radius 1 is 1.06 bits per heavy atom. The average molecular weight is 443 g/mol. The van der Waals surface area contributed by atoms with Gasteiger partial charge in [-0.1, -0.05) is 73.8 Å². The van der Waals surface area contributed by atoms with E-state index in [1.807, 2.05) is 30.3 Å². The summed E-state index contributed by atoms with van der Waals surface area (Å²) in [6.07, 6.45) is 5.22. The summed E-state index contributed by atoms with van der Waals surface area (Å²) in [6.45, 7) is 3.19. The fourth-order valence-electron chi connectivity index (χ4n) is 4.01. The summed E-state index contributed by atoms with van der Waals surface area (Å²) in [5.41, 5.74) is 1.26. The molecule has 0 spiro atoms. The summed E-state index contributed by atoms with van der Waals surface area (Å²) in [5.74, 6) is 0.141. The Morgan fingerprint density at radius 2 is 1.77 bits per heavy atom. The van der Waals surface area contributed by atoms with Gasteiger partial charge in [0, 0.05) is 6.54 Å². The molecule has 31 heavy (non-hydrogen) atoms. The van der Waals surface area contributed by atoms with E-state index in [0.29, 0.717) is 29.7 Å². The van der Waals surface area contributed by atoms with Gasteiger partial charge in [0.2, 0.25) is 5.91 Å². The standard InChI is InChI=1S/C25H31ClN2O3/c1-18-9-5-8-14-23(18)31-16-15-27-24(29)17-22(19-10-3-2-4-11-19)28-25(30)20-12-6-7-13-21(20)26/h2-4,6-7,10-13,18,22-23H,5,8-9,14-17H2,1H3,(H,27,29)(H,28,30). The molecule has 0 aromatic heterocycles. The van der Waals surface area contributed by atoms with Crippen molar-refractivity contribution in [3.8, 4) is 0 Å². The summed E-state index contributed by atoms with van der Waals surface area (Å²) < 4.78 is 5.97. The number of carbonyl (C=O) groups is 2. The lowest BCUT2D eigenvalue weighted by atomic mass is 9.88. The van der Waals surface area contributed by atoms with Crippen molar-refractivity contribution < 1.29 is 14.3 Å². The van der Waals surface area contributed by atoms with Gasteiger partial charge in [-0.3, -0.25) is 9.59 Å². The van der Waals surface area contributed by atoms with Crippen LogP contribution in [-0.2, 0) is 9.53 Å². The van der Waals surface area contributed by atoms with Gasteiger partial charge in [-0.05, 0) is 36.5 Å². The van der Waals surface area contributed by atoms with E-state index in [1.54, 1.807) is 24.3 Å². The van der Waals surface area contributed by atoms with Crippen molar-refractivity contribution >= 4 is 23.4 Å². The molecule has 1 aliphatic carbocycles. The Morgan fingerprint density at radius 3 is 2.52 bits per heavy atom. The number of benzene rings is 2. The van der Waals surface area contributed by atoms with Gasteiger partial charge >= 0.3 is 0 Å². The third-order valence-corrected chi connectivity index (χ3v) is 6.13. The molecule has 0 bridgehead atoms. The summed E-state index contributed by atoms with van der Waals surface area (Å²) in [5, 5.41) is 6.25. The van der Waals surface area contributed by atoms with Crippen LogP contribution in [0.2, 0.25) is 5.02 Å². The van der Waals surface area contributed by atoms with Crippen molar-refractivity contribution in [3.63, 3.8) is 0 Å². The maximum Gasteiger partial charge on any atom is 0.253 e. The topological polar surface area (TPSA) is 67.4 Å². The summed E-state index contributed by atoms with van der Waals surface area (Å²) >= 11 is 6.16. The molecule has 2 aromatic rings. The van der Waals surface area contributed by atoms with Gasteiger partial charge in [-0.25, -0.2) is 0 Å². The quantitative estimate of drug-likeness (QED) is 0.542. The van der Waals surface area contributed by atoms with Crippen LogP contribution in [0.25, 0.3) is 0 Å². The number of amides is 2. The Labute approximate surface area is 189 Å².